The Morgan fingerprint density at radius 1 is 1.00 bits per heavy atom. The van der Waals surface area contributed by atoms with Gasteiger partial charge in [-0.25, -0.2) is 0 Å². The molecule has 6 nitrogen and oxygen atoms in total. The van der Waals surface area contributed by atoms with Gasteiger partial charge in [-0.15, -0.1) is 0 Å². The topological polar surface area (TPSA) is 70.8 Å². The smallest absolute Gasteiger partial charge is 0.306 e. The summed E-state index contributed by atoms with van der Waals surface area (Å²) in [5.74, 6) is 1.64. The zero-order valence-electron chi connectivity index (χ0n) is 15.3. The molecule has 0 saturated heterocycles. The number of aromatic nitrogens is 1. The average molecular weight is 367 g/mol. The van der Waals surface area contributed by atoms with Crippen LogP contribution in [0.15, 0.2) is 59.1 Å². The van der Waals surface area contributed by atoms with Crippen LogP contribution in [-0.4, -0.2) is 25.3 Å². The number of methoxy groups -OCH3 is 2. The van der Waals surface area contributed by atoms with Gasteiger partial charge in [0.2, 0.25) is 0 Å². The van der Waals surface area contributed by atoms with E-state index in [1.165, 1.54) is 0 Å². The fraction of sp³-hybridized carbons (Fsp3) is 0.238. The van der Waals surface area contributed by atoms with Crippen molar-refractivity contribution in [2.75, 3.05) is 14.2 Å². The minimum Gasteiger partial charge on any atom is -0.493 e. The highest BCUT2D eigenvalue weighted by atomic mass is 16.5. The maximum Gasteiger partial charge on any atom is 0.306 e. The number of carbonyl (C=O) groups is 1. The maximum absolute atomic E-state index is 12.0. The molecule has 27 heavy (non-hydrogen) atoms. The zero-order chi connectivity index (χ0) is 19.1. The molecule has 1 heterocycles. The molecule has 0 aliphatic rings. The van der Waals surface area contributed by atoms with Gasteiger partial charge in [0.15, 0.2) is 17.3 Å². The van der Waals surface area contributed by atoms with Crippen molar-refractivity contribution < 1.29 is 23.5 Å². The molecular formula is C21H21NO5. The Labute approximate surface area is 157 Å². The molecule has 0 aliphatic heterocycles. The van der Waals surface area contributed by atoms with Crippen molar-refractivity contribution in [3.8, 4) is 22.8 Å². The summed E-state index contributed by atoms with van der Waals surface area (Å²) < 4.78 is 21.0. The Morgan fingerprint density at radius 2 is 1.78 bits per heavy atom. The summed E-state index contributed by atoms with van der Waals surface area (Å²) in [7, 11) is 3.17. The third-order valence-corrected chi connectivity index (χ3v) is 4.06. The second-order valence-electron chi connectivity index (χ2n) is 5.90. The number of hydrogen-bond acceptors (Lipinski definition) is 6. The third-order valence-electron chi connectivity index (χ3n) is 4.06. The summed E-state index contributed by atoms with van der Waals surface area (Å²) in [4.78, 5) is 12.0. The lowest BCUT2D eigenvalue weighted by atomic mass is 10.1. The first-order valence-corrected chi connectivity index (χ1v) is 8.57. The summed E-state index contributed by atoms with van der Waals surface area (Å²) in [6.45, 7) is 0.0844. The van der Waals surface area contributed by atoms with E-state index in [1.807, 2.05) is 48.5 Å². The Bertz CT molecular complexity index is 889. The molecule has 6 heteroatoms. The number of esters is 1. The van der Waals surface area contributed by atoms with Gasteiger partial charge < -0.3 is 18.7 Å². The highest BCUT2D eigenvalue weighted by molar-refractivity contribution is 5.69. The minimum absolute atomic E-state index is 0.0844. The second-order valence-corrected chi connectivity index (χ2v) is 5.90. The largest absolute Gasteiger partial charge is 0.493 e. The number of benzene rings is 2. The monoisotopic (exact) mass is 367 g/mol. The van der Waals surface area contributed by atoms with Crippen molar-refractivity contribution in [2.45, 2.75) is 19.4 Å². The average Bonchev–Trinajstić information content (AvgIpc) is 3.20. The van der Waals surface area contributed by atoms with Crippen LogP contribution in [0.2, 0.25) is 0 Å². The molecule has 3 rings (SSSR count). The molecule has 0 fully saturated rings. The van der Waals surface area contributed by atoms with Gasteiger partial charge in [-0.1, -0.05) is 41.6 Å². The predicted molar refractivity (Wildman–Crippen MR) is 99.6 cm³/mol. The van der Waals surface area contributed by atoms with E-state index < -0.39 is 0 Å². The van der Waals surface area contributed by atoms with Crippen LogP contribution >= 0.6 is 0 Å². The number of aryl methyl sites for hydroxylation is 1. The van der Waals surface area contributed by atoms with Gasteiger partial charge in [0.05, 0.1) is 14.2 Å². The summed E-state index contributed by atoms with van der Waals surface area (Å²) in [6.07, 6.45) is 0.812. The van der Waals surface area contributed by atoms with Crippen molar-refractivity contribution in [3.05, 3.63) is 65.9 Å². The molecule has 3 aromatic rings. The van der Waals surface area contributed by atoms with E-state index in [2.05, 4.69) is 5.16 Å². The van der Waals surface area contributed by atoms with E-state index >= 15 is 0 Å². The summed E-state index contributed by atoms with van der Waals surface area (Å²) in [5, 5.41) is 3.94. The fourth-order valence-corrected chi connectivity index (χ4v) is 2.63. The molecule has 0 amide bonds. The second kappa shape index (κ2) is 8.89. The molecule has 0 bridgehead atoms. The molecule has 0 radical (unpaired) electrons. The minimum atomic E-state index is -0.297. The van der Waals surface area contributed by atoms with E-state index in [9.17, 15) is 4.79 Å². The van der Waals surface area contributed by atoms with Crippen molar-refractivity contribution in [1.82, 2.24) is 5.16 Å². The first-order chi connectivity index (χ1) is 13.2. The Kier molecular flexibility index (Phi) is 6.10. The quantitative estimate of drug-likeness (QED) is 0.560. The Morgan fingerprint density at radius 3 is 2.52 bits per heavy atom. The van der Waals surface area contributed by atoms with Crippen LogP contribution in [0.5, 0.6) is 11.5 Å². The number of rotatable bonds is 8. The van der Waals surface area contributed by atoms with Gasteiger partial charge in [0, 0.05) is 18.1 Å². The SMILES string of the molecule is COc1ccc(CCC(=O)OCc2cc(-c3ccccc3)on2)cc1OC. The molecule has 2 aromatic carbocycles. The van der Waals surface area contributed by atoms with Crippen LogP contribution in [0.4, 0.5) is 0 Å². The number of hydrogen-bond donors (Lipinski definition) is 0. The maximum atomic E-state index is 12.0. The van der Waals surface area contributed by atoms with Gasteiger partial charge in [-0.3, -0.25) is 4.79 Å². The summed E-state index contributed by atoms with van der Waals surface area (Å²) in [5.41, 5.74) is 2.47. The van der Waals surface area contributed by atoms with Crippen LogP contribution < -0.4 is 9.47 Å². The van der Waals surface area contributed by atoms with E-state index in [0.29, 0.717) is 29.4 Å². The van der Waals surface area contributed by atoms with Crippen LogP contribution in [0.25, 0.3) is 11.3 Å². The van der Waals surface area contributed by atoms with Gasteiger partial charge in [0.25, 0.3) is 0 Å². The molecule has 0 saturated carbocycles. The van der Waals surface area contributed by atoms with Crippen molar-refractivity contribution in [1.29, 1.82) is 0 Å². The van der Waals surface area contributed by atoms with E-state index in [1.54, 1.807) is 20.3 Å². The van der Waals surface area contributed by atoms with Gasteiger partial charge in [0.1, 0.15) is 12.3 Å². The third kappa shape index (κ3) is 4.88. The van der Waals surface area contributed by atoms with Gasteiger partial charge >= 0.3 is 5.97 Å². The predicted octanol–water partition coefficient (Wildman–Crippen LogP) is 4.03. The van der Waals surface area contributed by atoms with Crippen molar-refractivity contribution in [3.63, 3.8) is 0 Å². The molecule has 0 atom stereocenters. The van der Waals surface area contributed by atoms with Crippen molar-refractivity contribution >= 4 is 5.97 Å². The van der Waals surface area contributed by atoms with Crippen molar-refractivity contribution in [2.24, 2.45) is 0 Å². The number of ether oxygens (including phenoxy) is 3. The molecule has 0 aliphatic carbocycles. The Balaban J connectivity index is 1.50. The summed E-state index contributed by atoms with van der Waals surface area (Å²) in [6, 6.07) is 17.0. The Hall–Kier alpha value is -3.28. The highest BCUT2D eigenvalue weighted by Crippen LogP contribution is 2.28. The van der Waals surface area contributed by atoms with Crippen LogP contribution in [-0.2, 0) is 22.6 Å². The molecule has 1 aromatic heterocycles. The fourth-order valence-electron chi connectivity index (χ4n) is 2.63. The number of carbonyl (C=O) groups excluding carboxylic acids is 1. The lowest BCUT2D eigenvalue weighted by molar-refractivity contribution is -0.145. The first kappa shape index (κ1) is 18.5. The van der Waals surface area contributed by atoms with E-state index in [0.717, 1.165) is 11.1 Å². The number of nitrogens with zero attached hydrogens (tertiary/aromatic N) is 1. The summed E-state index contributed by atoms with van der Waals surface area (Å²) >= 11 is 0. The highest BCUT2D eigenvalue weighted by Gasteiger charge is 2.11. The van der Waals surface area contributed by atoms with E-state index in [4.69, 9.17) is 18.7 Å². The van der Waals surface area contributed by atoms with E-state index in [-0.39, 0.29) is 19.0 Å². The first-order valence-electron chi connectivity index (χ1n) is 8.57. The lowest BCUT2D eigenvalue weighted by Gasteiger charge is -2.09. The van der Waals surface area contributed by atoms with Crippen LogP contribution in [0.1, 0.15) is 17.7 Å². The van der Waals surface area contributed by atoms with Gasteiger partial charge in [-0.05, 0) is 24.1 Å². The van der Waals surface area contributed by atoms with Crippen LogP contribution in [0, 0.1) is 0 Å². The molecule has 0 unspecified atom stereocenters. The molecule has 140 valence electrons. The molecule has 0 spiro atoms. The molecule has 0 N–H and O–H groups in total. The van der Waals surface area contributed by atoms with Gasteiger partial charge in [-0.2, -0.15) is 0 Å². The van der Waals surface area contributed by atoms with Crippen LogP contribution in [0.3, 0.4) is 0 Å². The lowest BCUT2D eigenvalue weighted by Crippen LogP contribution is -2.06. The zero-order valence-corrected chi connectivity index (χ0v) is 15.3. The standard InChI is InChI=1S/C21H21NO5/c1-24-18-10-8-15(12-20(18)25-2)9-11-21(23)26-14-17-13-19(27-22-17)16-6-4-3-5-7-16/h3-8,10,12-13H,9,11,14H2,1-2H3. The normalized spacial score (nSPS) is 10.4. The molecular weight excluding hydrogens is 346 g/mol.